The summed E-state index contributed by atoms with van der Waals surface area (Å²) in [5.74, 6) is -0.0496. The van der Waals surface area contributed by atoms with Gasteiger partial charge in [0.15, 0.2) is 0 Å². The van der Waals surface area contributed by atoms with Crippen LogP contribution in [0.1, 0.15) is 37.0 Å². The molecule has 0 aliphatic carbocycles. The number of nitrogens with one attached hydrogen (secondary N) is 1. The maximum atomic E-state index is 12.8. The van der Waals surface area contributed by atoms with Gasteiger partial charge in [0.1, 0.15) is 6.04 Å². The molecule has 0 saturated carbocycles. The third-order valence-electron chi connectivity index (χ3n) is 4.66. The smallest absolute Gasteiger partial charge is 0.251 e. The van der Waals surface area contributed by atoms with Crippen molar-refractivity contribution >= 4 is 11.8 Å². The van der Waals surface area contributed by atoms with Gasteiger partial charge in [-0.05, 0) is 24.5 Å². The summed E-state index contributed by atoms with van der Waals surface area (Å²) in [4.78, 5) is 27.0. The first kappa shape index (κ1) is 17.5. The lowest BCUT2D eigenvalue weighted by molar-refractivity contribution is -0.133. The molecule has 1 aromatic rings. The Morgan fingerprint density at radius 1 is 1.35 bits per heavy atom. The number of hydrogen-bond acceptors (Lipinski definition) is 3. The Labute approximate surface area is 137 Å². The molecule has 3 atom stereocenters. The molecular formula is C18H26N2O3. The lowest BCUT2D eigenvalue weighted by Crippen LogP contribution is -2.51. The number of carbonyl (C=O) groups is 2. The van der Waals surface area contributed by atoms with Crippen LogP contribution in [-0.2, 0) is 4.79 Å². The van der Waals surface area contributed by atoms with Crippen molar-refractivity contribution in [2.75, 3.05) is 19.7 Å². The summed E-state index contributed by atoms with van der Waals surface area (Å²) in [6, 6.07) is 8.43. The number of benzene rings is 1. The minimum atomic E-state index is -0.523. The molecule has 2 amide bonds. The van der Waals surface area contributed by atoms with E-state index in [0.717, 1.165) is 12.8 Å². The highest BCUT2D eigenvalue weighted by Gasteiger charge is 2.33. The molecule has 2 rings (SSSR count). The molecule has 1 saturated heterocycles. The van der Waals surface area contributed by atoms with Gasteiger partial charge in [-0.3, -0.25) is 9.59 Å². The highest BCUT2D eigenvalue weighted by atomic mass is 16.3. The highest BCUT2D eigenvalue weighted by Crippen LogP contribution is 2.19. The largest absolute Gasteiger partial charge is 0.396 e. The van der Waals surface area contributed by atoms with E-state index in [0.29, 0.717) is 18.7 Å². The molecule has 1 heterocycles. The van der Waals surface area contributed by atoms with Crippen molar-refractivity contribution in [3.63, 3.8) is 0 Å². The van der Waals surface area contributed by atoms with E-state index in [-0.39, 0.29) is 30.3 Å². The van der Waals surface area contributed by atoms with Gasteiger partial charge in [0.05, 0.1) is 0 Å². The van der Waals surface area contributed by atoms with Gasteiger partial charge < -0.3 is 15.3 Å². The second-order valence-corrected chi connectivity index (χ2v) is 6.32. The molecule has 1 aliphatic rings. The van der Waals surface area contributed by atoms with Crippen molar-refractivity contribution < 1.29 is 14.7 Å². The summed E-state index contributed by atoms with van der Waals surface area (Å²) in [5, 5.41) is 12.1. The molecule has 3 unspecified atom stereocenters. The molecule has 0 radical (unpaired) electrons. The predicted octanol–water partition coefficient (Wildman–Crippen LogP) is 1.67. The van der Waals surface area contributed by atoms with Crippen molar-refractivity contribution in [3.05, 3.63) is 35.9 Å². The summed E-state index contributed by atoms with van der Waals surface area (Å²) < 4.78 is 0. The van der Waals surface area contributed by atoms with Crippen LogP contribution in [0.5, 0.6) is 0 Å². The van der Waals surface area contributed by atoms with E-state index in [2.05, 4.69) is 5.32 Å². The van der Waals surface area contributed by atoms with Crippen LogP contribution in [-0.4, -0.2) is 47.6 Å². The van der Waals surface area contributed by atoms with E-state index in [1.165, 1.54) is 0 Å². The third kappa shape index (κ3) is 4.32. The maximum absolute atomic E-state index is 12.8. The normalized spacial score (nSPS) is 20.1. The molecule has 1 fully saturated rings. The lowest BCUT2D eigenvalue weighted by atomic mass is 9.97. The average molecular weight is 318 g/mol. The van der Waals surface area contributed by atoms with Crippen LogP contribution in [0, 0.1) is 11.8 Å². The molecule has 0 aromatic heterocycles. The Balaban J connectivity index is 2.08. The fraction of sp³-hybridized carbons (Fsp3) is 0.556. The summed E-state index contributed by atoms with van der Waals surface area (Å²) in [7, 11) is 0. The van der Waals surface area contributed by atoms with Crippen LogP contribution in [0.4, 0.5) is 0 Å². The first-order valence-electron chi connectivity index (χ1n) is 8.32. The zero-order valence-electron chi connectivity index (χ0n) is 13.9. The van der Waals surface area contributed by atoms with E-state index in [9.17, 15) is 14.7 Å². The minimum absolute atomic E-state index is 0.0421. The van der Waals surface area contributed by atoms with Crippen molar-refractivity contribution in [1.29, 1.82) is 0 Å². The molecular weight excluding hydrogens is 292 g/mol. The molecule has 2 N–H and O–H groups in total. The maximum Gasteiger partial charge on any atom is 0.251 e. The second kappa shape index (κ2) is 8.11. The quantitative estimate of drug-likeness (QED) is 0.838. The van der Waals surface area contributed by atoms with E-state index < -0.39 is 6.04 Å². The van der Waals surface area contributed by atoms with Gasteiger partial charge in [-0.1, -0.05) is 38.5 Å². The number of carbonyl (C=O) groups excluding carboxylic acids is 2. The molecule has 5 heteroatoms. The number of amides is 2. The second-order valence-electron chi connectivity index (χ2n) is 6.32. The van der Waals surface area contributed by atoms with Gasteiger partial charge >= 0.3 is 0 Å². The van der Waals surface area contributed by atoms with Gasteiger partial charge in [-0.25, -0.2) is 0 Å². The fourth-order valence-electron chi connectivity index (χ4n) is 2.88. The number of hydrogen-bond donors (Lipinski definition) is 2. The van der Waals surface area contributed by atoms with Crippen molar-refractivity contribution in [3.8, 4) is 0 Å². The molecule has 5 nitrogen and oxygen atoms in total. The van der Waals surface area contributed by atoms with Gasteiger partial charge in [0, 0.05) is 31.2 Å². The first-order valence-corrected chi connectivity index (χ1v) is 8.32. The van der Waals surface area contributed by atoms with E-state index >= 15 is 0 Å². The Hall–Kier alpha value is -1.88. The molecule has 1 aliphatic heterocycles. The van der Waals surface area contributed by atoms with Gasteiger partial charge in [0.2, 0.25) is 5.91 Å². The highest BCUT2D eigenvalue weighted by molar-refractivity contribution is 5.97. The summed E-state index contributed by atoms with van der Waals surface area (Å²) in [6.45, 7) is 5.32. The fourth-order valence-corrected chi connectivity index (χ4v) is 2.88. The lowest BCUT2D eigenvalue weighted by Gasteiger charge is -2.28. The number of likely N-dealkylation sites (tertiary alicyclic amines) is 1. The van der Waals surface area contributed by atoms with Gasteiger partial charge in [-0.15, -0.1) is 0 Å². The Kier molecular flexibility index (Phi) is 6.16. The average Bonchev–Trinajstić information content (AvgIpc) is 3.08. The van der Waals surface area contributed by atoms with Crippen LogP contribution in [0.3, 0.4) is 0 Å². The topological polar surface area (TPSA) is 69.6 Å². The first-order chi connectivity index (χ1) is 11.1. The Morgan fingerprint density at radius 3 is 2.61 bits per heavy atom. The molecule has 0 spiro atoms. The summed E-state index contributed by atoms with van der Waals surface area (Å²) >= 11 is 0. The minimum Gasteiger partial charge on any atom is -0.396 e. The zero-order chi connectivity index (χ0) is 16.8. The Morgan fingerprint density at radius 2 is 2.04 bits per heavy atom. The van der Waals surface area contributed by atoms with Crippen molar-refractivity contribution in [1.82, 2.24) is 10.2 Å². The molecule has 1 aromatic carbocycles. The number of aliphatic hydroxyl groups excluding tert-OH is 1. The molecule has 23 heavy (non-hydrogen) atoms. The van der Waals surface area contributed by atoms with E-state index in [1.807, 2.05) is 19.9 Å². The number of nitrogens with zero attached hydrogens (tertiary/aromatic N) is 1. The van der Waals surface area contributed by atoms with Crippen molar-refractivity contribution in [2.45, 2.75) is 32.7 Å². The van der Waals surface area contributed by atoms with Crippen LogP contribution in [0.15, 0.2) is 30.3 Å². The van der Waals surface area contributed by atoms with E-state index in [1.54, 1.807) is 29.2 Å². The van der Waals surface area contributed by atoms with Crippen LogP contribution in [0.25, 0.3) is 0 Å². The number of rotatable bonds is 6. The summed E-state index contributed by atoms with van der Waals surface area (Å²) in [5.41, 5.74) is 0.559. The monoisotopic (exact) mass is 318 g/mol. The third-order valence-corrected chi connectivity index (χ3v) is 4.66. The van der Waals surface area contributed by atoms with Crippen LogP contribution in [0.2, 0.25) is 0 Å². The SMILES string of the molecule is CCC(C)C(NC(=O)c1ccccc1)C(=O)N1CCC(CO)C1. The van der Waals surface area contributed by atoms with Gasteiger partial charge in [0.25, 0.3) is 5.91 Å². The molecule has 0 bridgehead atoms. The molecule has 126 valence electrons. The van der Waals surface area contributed by atoms with Gasteiger partial charge in [-0.2, -0.15) is 0 Å². The number of aliphatic hydroxyl groups is 1. The Bertz CT molecular complexity index is 532. The van der Waals surface area contributed by atoms with Crippen molar-refractivity contribution in [2.24, 2.45) is 11.8 Å². The zero-order valence-corrected chi connectivity index (χ0v) is 13.9. The van der Waals surface area contributed by atoms with Crippen LogP contribution >= 0.6 is 0 Å². The van der Waals surface area contributed by atoms with Crippen LogP contribution < -0.4 is 5.32 Å². The predicted molar refractivity (Wildman–Crippen MR) is 88.9 cm³/mol. The summed E-state index contributed by atoms with van der Waals surface area (Å²) in [6.07, 6.45) is 1.63. The van der Waals surface area contributed by atoms with E-state index in [4.69, 9.17) is 0 Å². The standard InChI is InChI=1S/C18H26N2O3/c1-3-13(2)16(18(23)20-10-9-14(11-20)12-21)19-17(22)15-7-5-4-6-8-15/h4-8,13-14,16,21H,3,9-12H2,1-2H3,(H,19,22).